The molecule has 0 saturated heterocycles. The predicted octanol–water partition coefficient (Wildman–Crippen LogP) is -1.67. The van der Waals surface area contributed by atoms with Gasteiger partial charge < -0.3 is 16.4 Å². The number of nitrogens with two attached hydrogens (primary N) is 2. The van der Waals surface area contributed by atoms with Crippen LogP contribution in [-0.4, -0.2) is 37.3 Å². The van der Waals surface area contributed by atoms with Gasteiger partial charge in [-0.1, -0.05) is 0 Å². The molecule has 0 radical (unpaired) electrons. The fourth-order valence-corrected chi connectivity index (χ4v) is 0.300. The molecule has 0 aromatic carbocycles. The van der Waals surface area contributed by atoms with Gasteiger partial charge in [-0.25, -0.2) is 0 Å². The van der Waals surface area contributed by atoms with Gasteiger partial charge in [0, 0.05) is 14.1 Å². The van der Waals surface area contributed by atoms with Crippen molar-refractivity contribution in [2.75, 3.05) is 14.1 Å². The maximum absolute atomic E-state index is 9.78. The van der Waals surface area contributed by atoms with Crippen molar-refractivity contribution in [1.29, 1.82) is 0 Å². The molecule has 0 aliphatic heterocycles. The van der Waals surface area contributed by atoms with E-state index >= 15 is 0 Å². The molecule has 6 nitrogen and oxygen atoms in total. The average molecular weight is 157 g/mol. The Morgan fingerprint density at radius 3 is 2.36 bits per heavy atom. The van der Waals surface area contributed by atoms with E-state index in [0.29, 0.717) is 6.41 Å². The zero-order valence-corrected chi connectivity index (χ0v) is 6.48. The van der Waals surface area contributed by atoms with Crippen molar-refractivity contribution in [1.82, 2.24) is 4.90 Å². The monoisotopic (exact) mass is 157 g/mol. The quantitative estimate of drug-likeness (QED) is 0.270. The number of hydrogen-bond donors (Lipinski definition) is 2. The van der Waals surface area contributed by atoms with Gasteiger partial charge in [0.2, 0.25) is 12.4 Å². The third-order valence-electron chi connectivity index (χ3n) is 0.872. The summed E-state index contributed by atoms with van der Waals surface area (Å²) in [6, 6.07) is 0. The van der Waals surface area contributed by atoms with Crippen LogP contribution in [0.15, 0.2) is 9.98 Å². The maximum Gasteiger partial charge on any atom is 0.236 e. The normalized spacial score (nSPS) is 12.9. The van der Waals surface area contributed by atoms with Crippen LogP contribution in [0.5, 0.6) is 0 Å². The highest BCUT2D eigenvalue weighted by Gasteiger charge is 1.94. The smallest absolute Gasteiger partial charge is 0.236 e. The van der Waals surface area contributed by atoms with Crippen LogP contribution in [0.1, 0.15) is 0 Å². The Morgan fingerprint density at radius 1 is 1.45 bits per heavy atom. The first-order chi connectivity index (χ1) is 5.07. The molecule has 0 heterocycles. The van der Waals surface area contributed by atoms with E-state index in [-0.39, 0.29) is 11.9 Å². The topological polar surface area (TPSA) is 97.1 Å². The number of aliphatic imine (C=N–C) groups is 2. The summed E-state index contributed by atoms with van der Waals surface area (Å²) in [4.78, 5) is 18.1. The highest BCUT2D eigenvalue weighted by Crippen LogP contribution is 1.75. The van der Waals surface area contributed by atoms with Crippen LogP contribution in [0.2, 0.25) is 0 Å². The van der Waals surface area contributed by atoms with Gasteiger partial charge in [-0.15, -0.1) is 0 Å². The van der Waals surface area contributed by atoms with Crippen molar-refractivity contribution in [2.24, 2.45) is 21.5 Å². The van der Waals surface area contributed by atoms with E-state index in [1.807, 2.05) is 0 Å². The summed E-state index contributed by atoms with van der Waals surface area (Å²) >= 11 is 0. The second-order valence-electron chi connectivity index (χ2n) is 1.96. The minimum atomic E-state index is -0.147. The molecule has 0 fully saturated rings. The molecule has 4 N–H and O–H groups in total. The highest BCUT2D eigenvalue weighted by molar-refractivity contribution is 5.95. The first-order valence-corrected chi connectivity index (χ1v) is 2.86. The first kappa shape index (κ1) is 9.41. The van der Waals surface area contributed by atoms with Crippen molar-refractivity contribution >= 4 is 18.3 Å². The Morgan fingerprint density at radius 2 is 2.00 bits per heavy atom. The van der Waals surface area contributed by atoms with E-state index < -0.39 is 0 Å². The van der Waals surface area contributed by atoms with Crippen LogP contribution < -0.4 is 11.5 Å². The van der Waals surface area contributed by atoms with Crippen molar-refractivity contribution in [2.45, 2.75) is 0 Å². The van der Waals surface area contributed by atoms with Gasteiger partial charge >= 0.3 is 0 Å². The SMILES string of the molecule is CN(C)/C(N)=N/C(N)=NC=O. The summed E-state index contributed by atoms with van der Waals surface area (Å²) < 4.78 is 0. The molecule has 0 aromatic rings. The number of amides is 1. The molecule has 0 spiro atoms. The van der Waals surface area contributed by atoms with Gasteiger partial charge in [0.1, 0.15) is 0 Å². The summed E-state index contributed by atoms with van der Waals surface area (Å²) in [5.41, 5.74) is 10.5. The lowest BCUT2D eigenvalue weighted by Crippen LogP contribution is -2.32. The molecular weight excluding hydrogens is 146 g/mol. The van der Waals surface area contributed by atoms with Crippen LogP contribution in [0.3, 0.4) is 0 Å². The van der Waals surface area contributed by atoms with Gasteiger partial charge in [0.15, 0.2) is 5.96 Å². The molecule has 0 aliphatic rings. The van der Waals surface area contributed by atoms with E-state index in [2.05, 4.69) is 9.98 Å². The van der Waals surface area contributed by atoms with Crippen molar-refractivity contribution in [3.63, 3.8) is 0 Å². The molecular formula is C5H11N5O. The first-order valence-electron chi connectivity index (χ1n) is 2.86. The summed E-state index contributed by atoms with van der Waals surface area (Å²) in [6.45, 7) is 0. The third-order valence-corrected chi connectivity index (χ3v) is 0.872. The molecule has 0 bridgehead atoms. The highest BCUT2D eigenvalue weighted by atomic mass is 16.1. The van der Waals surface area contributed by atoms with Gasteiger partial charge in [-0.05, 0) is 0 Å². The Labute approximate surface area is 64.6 Å². The van der Waals surface area contributed by atoms with Crippen LogP contribution in [0.25, 0.3) is 0 Å². The Hall–Kier alpha value is -1.59. The Bertz CT molecular complexity index is 195. The molecule has 0 saturated carbocycles. The molecule has 0 rings (SSSR count). The molecule has 0 atom stereocenters. The van der Waals surface area contributed by atoms with E-state index in [1.165, 1.54) is 0 Å². The fourth-order valence-electron chi connectivity index (χ4n) is 0.300. The van der Waals surface area contributed by atoms with E-state index in [1.54, 1.807) is 19.0 Å². The predicted molar refractivity (Wildman–Crippen MR) is 43.0 cm³/mol. The Balaban J connectivity index is 4.30. The van der Waals surface area contributed by atoms with E-state index in [4.69, 9.17) is 11.5 Å². The second kappa shape index (κ2) is 4.26. The summed E-state index contributed by atoms with van der Waals surface area (Å²) in [5.74, 6) is 0.0549. The number of rotatable bonds is 1. The molecule has 0 aliphatic carbocycles. The van der Waals surface area contributed by atoms with Crippen LogP contribution >= 0.6 is 0 Å². The largest absolute Gasteiger partial charge is 0.369 e. The number of hydrogen-bond acceptors (Lipinski definition) is 1. The van der Waals surface area contributed by atoms with Crippen molar-refractivity contribution < 1.29 is 4.79 Å². The number of guanidine groups is 2. The molecule has 62 valence electrons. The van der Waals surface area contributed by atoms with Crippen molar-refractivity contribution in [3.8, 4) is 0 Å². The lowest BCUT2D eigenvalue weighted by molar-refractivity contribution is -0.106. The third kappa shape index (κ3) is 3.90. The van der Waals surface area contributed by atoms with E-state index in [9.17, 15) is 4.79 Å². The standard InChI is InChI=1S/C5H11N5O/c1-10(2)5(7)9-4(6)8-3-11/h3H,1-2H3,(H4,6,7,8,9,11). The van der Waals surface area contributed by atoms with Crippen LogP contribution in [0.4, 0.5) is 0 Å². The molecule has 11 heavy (non-hydrogen) atoms. The van der Waals surface area contributed by atoms with Gasteiger partial charge in [0.25, 0.3) is 0 Å². The minimum absolute atomic E-state index is 0.147. The zero-order valence-electron chi connectivity index (χ0n) is 6.48. The van der Waals surface area contributed by atoms with Gasteiger partial charge in [0.05, 0.1) is 0 Å². The maximum atomic E-state index is 9.78. The van der Waals surface area contributed by atoms with E-state index in [0.717, 1.165) is 0 Å². The molecule has 6 heteroatoms. The lowest BCUT2D eigenvalue weighted by Gasteiger charge is -2.08. The minimum Gasteiger partial charge on any atom is -0.369 e. The summed E-state index contributed by atoms with van der Waals surface area (Å²) in [7, 11) is 3.40. The second-order valence-corrected chi connectivity index (χ2v) is 1.96. The average Bonchev–Trinajstić information content (AvgIpc) is 1.87. The fraction of sp³-hybridized carbons (Fsp3) is 0.400. The summed E-state index contributed by atoms with van der Waals surface area (Å²) in [6.07, 6.45) is 0.307. The van der Waals surface area contributed by atoms with Gasteiger partial charge in [-0.3, -0.25) is 4.79 Å². The molecule has 0 unspecified atom stereocenters. The Kier molecular flexibility index (Phi) is 3.65. The number of nitrogens with zero attached hydrogens (tertiary/aromatic N) is 3. The van der Waals surface area contributed by atoms with Crippen LogP contribution in [0, 0.1) is 0 Å². The molecule has 1 amide bonds. The van der Waals surface area contributed by atoms with Crippen molar-refractivity contribution in [3.05, 3.63) is 0 Å². The number of carbonyl (C=O) groups is 1. The van der Waals surface area contributed by atoms with Gasteiger partial charge in [-0.2, -0.15) is 9.98 Å². The lowest BCUT2D eigenvalue weighted by atomic mass is 10.8. The van der Waals surface area contributed by atoms with Crippen LogP contribution in [-0.2, 0) is 4.79 Å². The number of carbonyl (C=O) groups excluding carboxylic acids is 1. The molecule has 0 aromatic heterocycles. The zero-order chi connectivity index (χ0) is 8.85. The summed E-state index contributed by atoms with van der Waals surface area (Å²) in [5, 5.41) is 0.